The minimum absolute atomic E-state index is 0.400. The highest BCUT2D eigenvalue weighted by Crippen LogP contribution is 2.41. The molecule has 2 aliphatic carbocycles. The molecule has 2 aliphatic rings. The Kier molecular flexibility index (Phi) is 7.44. The molecular weight excluding hydrogens is 374 g/mol. The van der Waals surface area contributed by atoms with Crippen LogP contribution in [0, 0.1) is 29.4 Å². The number of halogens is 2. The molecule has 4 rings (SSSR count). The van der Waals surface area contributed by atoms with E-state index in [1.165, 1.54) is 95.1 Å². The third-order valence-corrected chi connectivity index (χ3v) is 8.16. The molecule has 0 spiro atoms. The van der Waals surface area contributed by atoms with Crippen LogP contribution in [0.1, 0.15) is 102 Å². The van der Waals surface area contributed by atoms with Crippen molar-refractivity contribution in [1.29, 1.82) is 0 Å². The quantitative estimate of drug-likeness (QED) is 0.425. The molecule has 0 N–H and O–H groups in total. The summed E-state index contributed by atoms with van der Waals surface area (Å²) < 4.78 is 27.4. The minimum Gasteiger partial charge on any atom is -0.204 e. The van der Waals surface area contributed by atoms with Crippen molar-refractivity contribution >= 4 is 10.8 Å². The Balaban J connectivity index is 1.23. The lowest BCUT2D eigenvalue weighted by Gasteiger charge is -2.32. The van der Waals surface area contributed by atoms with Gasteiger partial charge in [-0.2, -0.15) is 0 Å². The monoisotopic (exact) mass is 412 g/mol. The van der Waals surface area contributed by atoms with Crippen LogP contribution in [0.25, 0.3) is 10.8 Å². The molecule has 164 valence electrons. The minimum atomic E-state index is -0.759. The van der Waals surface area contributed by atoms with Crippen molar-refractivity contribution in [2.45, 2.75) is 96.3 Å². The molecule has 2 heteroatoms. The predicted octanol–water partition coefficient (Wildman–Crippen LogP) is 9.17. The Labute approximate surface area is 181 Å². The summed E-state index contributed by atoms with van der Waals surface area (Å²) in [6.45, 7) is 2.31. The maximum atomic E-state index is 14.0. The van der Waals surface area contributed by atoms with Gasteiger partial charge in [-0.25, -0.2) is 8.78 Å². The van der Waals surface area contributed by atoms with Gasteiger partial charge in [0.25, 0.3) is 0 Å². The van der Waals surface area contributed by atoms with E-state index in [1.807, 2.05) is 6.07 Å². The summed E-state index contributed by atoms with van der Waals surface area (Å²) in [5, 5.41) is 1.22. The molecule has 2 fully saturated rings. The second-order valence-electron chi connectivity index (χ2n) is 10.2. The van der Waals surface area contributed by atoms with Crippen LogP contribution in [-0.2, 0) is 0 Å². The molecule has 0 bridgehead atoms. The normalized spacial score (nSPS) is 27.4. The Morgan fingerprint density at radius 2 is 1.33 bits per heavy atom. The van der Waals surface area contributed by atoms with Crippen LogP contribution in [0.15, 0.2) is 30.3 Å². The first-order chi connectivity index (χ1) is 14.6. The maximum absolute atomic E-state index is 14.0. The molecule has 0 heterocycles. The highest BCUT2D eigenvalue weighted by atomic mass is 19.2. The van der Waals surface area contributed by atoms with Gasteiger partial charge >= 0.3 is 0 Å². The SMILES string of the molecule is CCCC[C@H]1CC[C@H](CCC2CCC(c3ccc4c(F)c(F)ccc4c3)CC2)CC1. The second-order valence-corrected chi connectivity index (χ2v) is 10.2. The number of unbranched alkanes of at least 4 members (excludes halogenated alkanes) is 1. The zero-order valence-electron chi connectivity index (χ0n) is 18.6. The molecule has 0 aromatic heterocycles. The van der Waals surface area contributed by atoms with E-state index in [-0.39, 0.29) is 0 Å². The standard InChI is InChI=1S/C28H38F2/c1-2-3-4-20-5-7-21(8-6-20)9-10-22-11-13-23(14-12-22)24-15-17-26-25(19-24)16-18-27(29)28(26)30/h15-23H,2-14H2,1H3/t20-,21-,22?,23?. The molecule has 2 saturated carbocycles. The van der Waals surface area contributed by atoms with Crippen molar-refractivity contribution in [2.75, 3.05) is 0 Å². The molecular formula is C28H38F2. The van der Waals surface area contributed by atoms with Crippen LogP contribution in [0.3, 0.4) is 0 Å². The van der Waals surface area contributed by atoms with Crippen LogP contribution >= 0.6 is 0 Å². The fraction of sp³-hybridized carbons (Fsp3) is 0.643. The predicted molar refractivity (Wildman–Crippen MR) is 123 cm³/mol. The molecule has 0 atom stereocenters. The van der Waals surface area contributed by atoms with Crippen LogP contribution in [0.2, 0.25) is 0 Å². The zero-order valence-corrected chi connectivity index (χ0v) is 18.6. The summed E-state index contributed by atoms with van der Waals surface area (Å²) in [6.07, 6.45) is 18.1. The fourth-order valence-electron chi connectivity index (χ4n) is 6.10. The summed E-state index contributed by atoms with van der Waals surface area (Å²) >= 11 is 0. The van der Waals surface area contributed by atoms with E-state index in [9.17, 15) is 8.78 Å². The van der Waals surface area contributed by atoms with Gasteiger partial charge in [0.05, 0.1) is 0 Å². The summed E-state index contributed by atoms with van der Waals surface area (Å²) in [4.78, 5) is 0. The van der Waals surface area contributed by atoms with Gasteiger partial charge in [0, 0.05) is 5.39 Å². The molecule has 0 aliphatic heterocycles. The second kappa shape index (κ2) is 10.2. The first-order valence-electron chi connectivity index (χ1n) is 12.5. The van der Waals surface area contributed by atoms with Gasteiger partial charge in [-0.1, -0.05) is 89.0 Å². The average Bonchev–Trinajstić information content (AvgIpc) is 2.79. The first kappa shape index (κ1) is 21.8. The van der Waals surface area contributed by atoms with Crippen molar-refractivity contribution in [3.8, 4) is 0 Å². The largest absolute Gasteiger partial charge is 0.204 e. The first-order valence-corrected chi connectivity index (χ1v) is 12.5. The van der Waals surface area contributed by atoms with E-state index in [2.05, 4.69) is 13.0 Å². The Morgan fingerprint density at radius 3 is 1.97 bits per heavy atom. The lowest BCUT2D eigenvalue weighted by atomic mass is 9.74. The summed E-state index contributed by atoms with van der Waals surface area (Å²) in [7, 11) is 0. The third-order valence-electron chi connectivity index (χ3n) is 8.16. The van der Waals surface area contributed by atoms with E-state index < -0.39 is 11.6 Å². The van der Waals surface area contributed by atoms with Gasteiger partial charge in [0.2, 0.25) is 0 Å². The fourth-order valence-corrected chi connectivity index (χ4v) is 6.10. The highest BCUT2D eigenvalue weighted by molar-refractivity contribution is 5.84. The smallest absolute Gasteiger partial charge is 0.166 e. The van der Waals surface area contributed by atoms with Gasteiger partial charge in [-0.05, 0) is 66.4 Å². The summed E-state index contributed by atoms with van der Waals surface area (Å²) in [6, 6.07) is 8.83. The van der Waals surface area contributed by atoms with E-state index >= 15 is 0 Å². The Morgan fingerprint density at radius 1 is 0.733 bits per heavy atom. The van der Waals surface area contributed by atoms with Crippen molar-refractivity contribution in [3.05, 3.63) is 47.5 Å². The number of benzene rings is 2. The lowest BCUT2D eigenvalue weighted by Crippen LogP contribution is -2.17. The van der Waals surface area contributed by atoms with Crippen LogP contribution < -0.4 is 0 Å². The molecule has 0 nitrogen and oxygen atoms in total. The van der Waals surface area contributed by atoms with Gasteiger partial charge in [0.1, 0.15) is 0 Å². The van der Waals surface area contributed by atoms with Crippen LogP contribution in [-0.4, -0.2) is 0 Å². The molecule has 30 heavy (non-hydrogen) atoms. The molecule has 0 amide bonds. The van der Waals surface area contributed by atoms with E-state index in [0.717, 1.165) is 23.1 Å². The Hall–Kier alpha value is -1.44. The molecule has 0 unspecified atom stereocenters. The Bertz CT molecular complexity index is 811. The third kappa shape index (κ3) is 5.24. The topological polar surface area (TPSA) is 0 Å². The van der Waals surface area contributed by atoms with E-state index in [4.69, 9.17) is 0 Å². The van der Waals surface area contributed by atoms with Gasteiger partial charge in [-0.3, -0.25) is 0 Å². The van der Waals surface area contributed by atoms with Crippen molar-refractivity contribution < 1.29 is 8.78 Å². The van der Waals surface area contributed by atoms with Crippen molar-refractivity contribution in [2.24, 2.45) is 17.8 Å². The highest BCUT2D eigenvalue weighted by Gasteiger charge is 2.25. The number of rotatable bonds is 7. The van der Waals surface area contributed by atoms with Crippen LogP contribution in [0.4, 0.5) is 8.78 Å². The van der Waals surface area contributed by atoms with Crippen molar-refractivity contribution in [3.63, 3.8) is 0 Å². The van der Waals surface area contributed by atoms with Gasteiger partial charge in [-0.15, -0.1) is 0 Å². The molecule has 2 aromatic carbocycles. The maximum Gasteiger partial charge on any atom is 0.166 e. The lowest BCUT2D eigenvalue weighted by molar-refractivity contribution is 0.223. The molecule has 0 saturated heterocycles. The zero-order chi connectivity index (χ0) is 20.9. The molecule has 0 radical (unpaired) electrons. The van der Waals surface area contributed by atoms with Gasteiger partial charge < -0.3 is 0 Å². The average molecular weight is 413 g/mol. The van der Waals surface area contributed by atoms with Crippen molar-refractivity contribution in [1.82, 2.24) is 0 Å². The number of fused-ring (bicyclic) bond motifs is 1. The van der Waals surface area contributed by atoms with E-state index in [1.54, 1.807) is 12.1 Å². The van der Waals surface area contributed by atoms with E-state index in [0.29, 0.717) is 11.3 Å². The summed E-state index contributed by atoms with van der Waals surface area (Å²) in [5.41, 5.74) is 1.30. The summed E-state index contributed by atoms with van der Waals surface area (Å²) in [5.74, 6) is 1.99. The number of hydrogen-bond acceptors (Lipinski definition) is 0. The van der Waals surface area contributed by atoms with Crippen LogP contribution in [0.5, 0.6) is 0 Å². The molecule has 2 aromatic rings. The van der Waals surface area contributed by atoms with Gasteiger partial charge in [0.15, 0.2) is 11.6 Å². The number of hydrogen-bond donors (Lipinski definition) is 0.